The first-order valence-electron chi connectivity index (χ1n) is 4.53. The van der Waals surface area contributed by atoms with Crippen LogP contribution in [0.4, 0.5) is 0 Å². The summed E-state index contributed by atoms with van der Waals surface area (Å²) in [5, 5.41) is 7.52. The first-order valence-corrected chi connectivity index (χ1v) is 4.53. The summed E-state index contributed by atoms with van der Waals surface area (Å²) in [7, 11) is 0. The van der Waals surface area contributed by atoms with Gasteiger partial charge < -0.3 is 5.84 Å². The minimum absolute atomic E-state index is 0.701. The fourth-order valence-corrected chi connectivity index (χ4v) is 1.36. The van der Waals surface area contributed by atoms with Crippen molar-refractivity contribution >= 4 is 6.21 Å². The van der Waals surface area contributed by atoms with Gasteiger partial charge in [0.2, 0.25) is 0 Å². The van der Waals surface area contributed by atoms with Gasteiger partial charge in [0.1, 0.15) is 12.7 Å². The van der Waals surface area contributed by atoms with Crippen molar-refractivity contribution in [2.24, 2.45) is 10.9 Å². The van der Waals surface area contributed by atoms with Crippen LogP contribution in [0.3, 0.4) is 0 Å². The van der Waals surface area contributed by atoms with E-state index < -0.39 is 0 Å². The van der Waals surface area contributed by atoms with Crippen LogP contribution in [0.5, 0.6) is 0 Å². The van der Waals surface area contributed by atoms with Crippen molar-refractivity contribution in [3.63, 3.8) is 0 Å². The van der Waals surface area contributed by atoms with Gasteiger partial charge in [-0.2, -0.15) is 10.2 Å². The number of nitrogens with two attached hydrogens (primary N) is 1. The van der Waals surface area contributed by atoms with E-state index in [9.17, 15) is 0 Å². The van der Waals surface area contributed by atoms with Gasteiger partial charge in [0.15, 0.2) is 0 Å². The monoisotopic (exact) mass is 201 g/mol. The highest BCUT2D eigenvalue weighted by molar-refractivity contribution is 5.79. The molecule has 5 nitrogen and oxygen atoms in total. The van der Waals surface area contributed by atoms with Gasteiger partial charge >= 0.3 is 0 Å². The summed E-state index contributed by atoms with van der Waals surface area (Å²) in [4.78, 5) is 3.88. The molecule has 1 aromatic heterocycles. The highest BCUT2D eigenvalue weighted by atomic mass is 15.3. The summed E-state index contributed by atoms with van der Waals surface area (Å²) in [6, 6.07) is 7.94. The molecule has 2 rings (SSSR count). The molecule has 5 heteroatoms. The molecule has 0 spiro atoms. The van der Waals surface area contributed by atoms with Crippen molar-refractivity contribution in [1.29, 1.82) is 0 Å². The molecule has 2 N–H and O–H groups in total. The highest BCUT2D eigenvalue weighted by Gasteiger charge is 1.96. The topological polar surface area (TPSA) is 69.1 Å². The molecular formula is C10H11N5. The SMILES string of the molecule is NN=Cc1cccc(Cn2cncn2)c1. The molecule has 0 aliphatic carbocycles. The van der Waals surface area contributed by atoms with Crippen LogP contribution in [-0.4, -0.2) is 21.0 Å². The Morgan fingerprint density at radius 1 is 1.47 bits per heavy atom. The molecule has 0 saturated heterocycles. The maximum atomic E-state index is 5.09. The fourth-order valence-electron chi connectivity index (χ4n) is 1.36. The van der Waals surface area contributed by atoms with E-state index >= 15 is 0 Å². The van der Waals surface area contributed by atoms with Crippen LogP contribution in [0.1, 0.15) is 11.1 Å². The van der Waals surface area contributed by atoms with Crippen LogP contribution in [0.2, 0.25) is 0 Å². The second kappa shape index (κ2) is 4.36. The zero-order valence-corrected chi connectivity index (χ0v) is 8.11. The van der Waals surface area contributed by atoms with Crippen molar-refractivity contribution in [2.45, 2.75) is 6.54 Å². The van der Waals surface area contributed by atoms with Crippen molar-refractivity contribution in [3.05, 3.63) is 48.0 Å². The number of nitrogens with zero attached hydrogens (tertiary/aromatic N) is 4. The Balaban J connectivity index is 2.18. The van der Waals surface area contributed by atoms with Crippen LogP contribution < -0.4 is 5.84 Å². The highest BCUT2D eigenvalue weighted by Crippen LogP contribution is 2.04. The Labute approximate surface area is 87.3 Å². The van der Waals surface area contributed by atoms with Crippen LogP contribution >= 0.6 is 0 Å². The predicted molar refractivity (Wildman–Crippen MR) is 57.3 cm³/mol. The summed E-state index contributed by atoms with van der Waals surface area (Å²) >= 11 is 0. The van der Waals surface area contributed by atoms with E-state index in [2.05, 4.69) is 15.2 Å². The average Bonchev–Trinajstić information content (AvgIpc) is 2.71. The maximum absolute atomic E-state index is 5.09. The minimum Gasteiger partial charge on any atom is -0.323 e. The Bertz CT molecular complexity index is 447. The molecule has 0 aliphatic heterocycles. The first kappa shape index (κ1) is 9.39. The van der Waals surface area contributed by atoms with Gasteiger partial charge in [0, 0.05) is 0 Å². The third-order valence-electron chi connectivity index (χ3n) is 1.99. The number of hydrazone groups is 1. The molecule has 2 aromatic rings. The van der Waals surface area contributed by atoms with E-state index in [4.69, 9.17) is 5.84 Å². The molecule has 0 amide bonds. The summed E-state index contributed by atoms with van der Waals surface area (Å²) in [6.45, 7) is 0.701. The number of aromatic nitrogens is 3. The molecule has 1 aromatic carbocycles. The van der Waals surface area contributed by atoms with Gasteiger partial charge in [-0.15, -0.1) is 0 Å². The Kier molecular flexibility index (Phi) is 2.73. The lowest BCUT2D eigenvalue weighted by molar-refractivity contribution is 0.685. The summed E-state index contributed by atoms with van der Waals surface area (Å²) in [5.41, 5.74) is 2.12. The molecule has 0 saturated carbocycles. The zero-order valence-electron chi connectivity index (χ0n) is 8.11. The van der Waals surface area contributed by atoms with Crippen molar-refractivity contribution in [2.75, 3.05) is 0 Å². The number of hydrogen-bond donors (Lipinski definition) is 1. The number of benzene rings is 1. The molecule has 0 aliphatic rings. The van der Waals surface area contributed by atoms with Crippen LogP contribution in [0.25, 0.3) is 0 Å². The van der Waals surface area contributed by atoms with E-state index in [-0.39, 0.29) is 0 Å². The molecule has 1 heterocycles. The minimum atomic E-state index is 0.701. The summed E-state index contributed by atoms with van der Waals surface area (Å²) < 4.78 is 1.76. The lowest BCUT2D eigenvalue weighted by atomic mass is 10.1. The molecule has 15 heavy (non-hydrogen) atoms. The molecule has 0 atom stereocenters. The van der Waals surface area contributed by atoms with Crippen molar-refractivity contribution < 1.29 is 0 Å². The van der Waals surface area contributed by atoms with Gasteiger partial charge in [-0.1, -0.05) is 18.2 Å². The number of rotatable bonds is 3. The molecule has 0 radical (unpaired) electrons. The van der Waals surface area contributed by atoms with E-state index in [0.717, 1.165) is 11.1 Å². The first-order chi connectivity index (χ1) is 7.38. The van der Waals surface area contributed by atoms with Crippen molar-refractivity contribution in [3.8, 4) is 0 Å². The third kappa shape index (κ3) is 2.40. The standard InChI is InChI=1S/C10H11N5/c11-13-5-9-2-1-3-10(4-9)6-15-8-12-7-14-15/h1-5,7-8H,6,11H2. The summed E-state index contributed by atoms with van der Waals surface area (Å²) in [5.74, 6) is 5.09. The Morgan fingerprint density at radius 2 is 2.40 bits per heavy atom. The second-order valence-electron chi connectivity index (χ2n) is 3.12. The van der Waals surface area contributed by atoms with Gasteiger partial charge in [-0.25, -0.2) is 9.67 Å². The molecule has 0 fully saturated rings. The maximum Gasteiger partial charge on any atom is 0.137 e. The third-order valence-corrected chi connectivity index (χ3v) is 1.99. The van der Waals surface area contributed by atoms with E-state index in [1.807, 2.05) is 24.3 Å². The molecule has 0 bridgehead atoms. The lowest BCUT2D eigenvalue weighted by Crippen LogP contribution is -2.00. The van der Waals surface area contributed by atoms with E-state index in [1.54, 1.807) is 17.2 Å². The van der Waals surface area contributed by atoms with Crippen LogP contribution in [-0.2, 0) is 6.54 Å². The second-order valence-corrected chi connectivity index (χ2v) is 3.12. The molecule has 76 valence electrons. The van der Waals surface area contributed by atoms with Gasteiger partial charge in [0.05, 0.1) is 12.8 Å². The van der Waals surface area contributed by atoms with Crippen LogP contribution in [0.15, 0.2) is 42.0 Å². The van der Waals surface area contributed by atoms with Crippen molar-refractivity contribution in [1.82, 2.24) is 14.8 Å². The van der Waals surface area contributed by atoms with Gasteiger partial charge in [0.25, 0.3) is 0 Å². The van der Waals surface area contributed by atoms with Gasteiger partial charge in [-0.05, 0) is 17.2 Å². The number of hydrogen-bond acceptors (Lipinski definition) is 4. The molecular weight excluding hydrogens is 190 g/mol. The van der Waals surface area contributed by atoms with Crippen LogP contribution in [0, 0.1) is 0 Å². The fraction of sp³-hybridized carbons (Fsp3) is 0.100. The normalized spacial score (nSPS) is 10.9. The molecule has 0 unspecified atom stereocenters. The van der Waals surface area contributed by atoms with E-state index in [0.29, 0.717) is 6.54 Å². The lowest BCUT2D eigenvalue weighted by Gasteiger charge is -2.01. The summed E-state index contributed by atoms with van der Waals surface area (Å²) in [6.07, 6.45) is 4.82. The average molecular weight is 201 g/mol. The Hall–Kier alpha value is -2.17. The van der Waals surface area contributed by atoms with E-state index in [1.165, 1.54) is 6.33 Å². The zero-order chi connectivity index (χ0) is 10.5. The van der Waals surface area contributed by atoms with Gasteiger partial charge in [-0.3, -0.25) is 0 Å². The largest absolute Gasteiger partial charge is 0.323 e. The quantitative estimate of drug-likeness (QED) is 0.449. The Morgan fingerprint density at radius 3 is 3.13 bits per heavy atom. The predicted octanol–water partition coefficient (Wildman–Crippen LogP) is 0.619. The smallest absolute Gasteiger partial charge is 0.137 e.